The average Bonchev–Trinajstić information content (AvgIpc) is 2.98. The minimum Gasteiger partial charge on any atom is -0.481 e. The summed E-state index contributed by atoms with van der Waals surface area (Å²) in [5.74, 6) is -3.01. The molecular weight excluding hydrogens is 626 g/mol. The lowest BCUT2D eigenvalue weighted by molar-refractivity contribution is -0.137. The van der Waals surface area contributed by atoms with Crippen molar-refractivity contribution in [2.24, 2.45) is 5.73 Å². The van der Waals surface area contributed by atoms with Crippen LogP contribution in [0.5, 0.6) is 0 Å². The molecular formula is C33H41N5O8S. The molecule has 0 saturated heterocycles. The third kappa shape index (κ3) is 13.8. The van der Waals surface area contributed by atoms with E-state index in [2.05, 4.69) is 10.0 Å². The Bertz CT molecular complexity index is 1650. The molecule has 0 aliphatic rings. The number of ether oxygens (including phenoxy) is 1. The summed E-state index contributed by atoms with van der Waals surface area (Å²) in [7, 11) is -3.40. The Morgan fingerprint density at radius 1 is 0.872 bits per heavy atom. The van der Waals surface area contributed by atoms with E-state index in [0.29, 0.717) is 27.5 Å². The number of carboxylic acid groups (broad SMARTS) is 1. The van der Waals surface area contributed by atoms with E-state index in [0.717, 1.165) is 11.1 Å². The minimum atomic E-state index is -3.40. The van der Waals surface area contributed by atoms with Crippen molar-refractivity contribution in [3.05, 3.63) is 95.6 Å². The Labute approximate surface area is 274 Å². The zero-order valence-corrected chi connectivity index (χ0v) is 27.6. The Kier molecular flexibility index (Phi) is 14.2. The van der Waals surface area contributed by atoms with Crippen LogP contribution < -0.4 is 15.8 Å². The van der Waals surface area contributed by atoms with Gasteiger partial charge < -0.3 is 20.9 Å². The van der Waals surface area contributed by atoms with Crippen molar-refractivity contribution >= 4 is 45.5 Å². The normalized spacial score (nSPS) is 11.0. The van der Waals surface area contributed by atoms with Crippen LogP contribution in [0, 0.1) is 12.3 Å². The molecule has 3 rings (SSSR count). The number of nitrogens with one attached hydrogen (secondary N) is 3. The number of carbonyl (C=O) groups excluding carboxylic acids is 3. The van der Waals surface area contributed by atoms with Gasteiger partial charge in [0, 0.05) is 30.5 Å². The molecule has 0 aliphatic heterocycles. The largest absolute Gasteiger partial charge is 0.481 e. The highest BCUT2D eigenvalue weighted by atomic mass is 32.2. The Morgan fingerprint density at radius 2 is 1.47 bits per heavy atom. The Balaban J connectivity index is 0.000000427. The van der Waals surface area contributed by atoms with Gasteiger partial charge in [0.1, 0.15) is 6.61 Å². The number of carbonyl (C=O) groups is 4. The summed E-state index contributed by atoms with van der Waals surface area (Å²) in [6.45, 7) is 7.16. The van der Waals surface area contributed by atoms with Crippen LogP contribution in [-0.2, 0) is 42.2 Å². The molecule has 0 heterocycles. The highest BCUT2D eigenvalue weighted by Crippen LogP contribution is 2.16. The molecule has 0 radical (unpaired) electrons. The number of aliphatic carboxylic acids is 1. The summed E-state index contributed by atoms with van der Waals surface area (Å²) < 4.78 is 31.6. The molecule has 0 spiro atoms. The van der Waals surface area contributed by atoms with Crippen molar-refractivity contribution in [3.63, 3.8) is 0 Å². The Hall–Kier alpha value is -5.08. The maximum atomic E-state index is 12.3. The van der Waals surface area contributed by atoms with Crippen LogP contribution in [-0.4, -0.2) is 53.8 Å². The van der Waals surface area contributed by atoms with Crippen LogP contribution in [0.2, 0.25) is 0 Å². The quantitative estimate of drug-likeness (QED) is 0.143. The molecule has 0 unspecified atom stereocenters. The third-order valence-corrected chi connectivity index (χ3v) is 8.05. The molecule has 6 N–H and O–H groups in total. The highest BCUT2D eigenvalue weighted by Gasteiger charge is 2.26. The summed E-state index contributed by atoms with van der Waals surface area (Å²) >= 11 is 0. The van der Waals surface area contributed by atoms with Gasteiger partial charge in [0.2, 0.25) is 27.8 Å². The van der Waals surface area contributed by atoms with Gasteiger partial charge in [-0.1, -0.05) is 60.7 Å². The number of benzene rings is 3. The van der Waals surface area contributed by atoms with Crippen molar-refractivity contribution < 1.29 is 37.4 Å². The summed E-state index contributed by atoms with van der Waals surface area (Å²) in [6.07, 6.45) is -1.31. The van der Waals surface area contributed by atoms with E-state index in [1.165, 1.54) is 0 Å². The second-order valence-corrected chi connectivity index (χ2v) is 13.1. The van der Waals surface area contributed by atoms with Crippen molar-refractivity contribution in [1.82, 2.24) is 9.62 Å². The van der Waals surface area contributed by atoms with Gasteiger partial charge >= 0.3 is 12.1 Å². The third-order valence-electron chi connectivity index (χ3n) is 6.13. The number of guanidine groups is 1. The van der Waals surface area contributed by atoms with Gasteiger partial charge in [-0.2, -0.15) is 4.90 Å². The van der Waals surface area contributed by atoms with E-state index < -0.39 is 45.4 Å². The minimum absolute atomic E-state index is 0.00818. The first-order chi connectivity index (χ1) is 22.0. The molecule has 3 amide bonds. The molecule has 0 fully saturated rings. The molecule has 14 heteroatoms. The van der Waals surface area contributed by atoms with Crippen molar-refractivity contribution in [2.45, 2.75) is 70.4 Å². The SMILES string of the molecule is Cc1ccccc1S(=O)(=O)NC(C)(C)C.N=C(N)N(C(=O)CCC(=O)Nc1ccc(CCC(=O)O)cc1)C(=O)OCc1ccccc1. The maximum Gasteiger partial charge on any atom is 0.423 e. The highest BCUT2D eigenvalue weighted by molar-refractivity contribution is 7.89. The number of rotatable bonds is 11. The molecule has 0 bridgehead atoms. The number of hydrogen-bond donors (Lipinski definition) is 5. The summed E-state index contributed by atoms with van der Waals surface area (Å²) in [5, 5.41) is 18.8. The smallest absolute Gasteiger partial charge is 0.423 e. The molecule has 13 nitrogen and oxygen atoms in total. The first-order valence-corrected chi connectivity index (χ1v) is 16.0. The van der Waals surface area contributed by atoms with E-state index in [9.17, 15) is 27.6 Å². The van der Waals surface area contributed by atoms with Gasteiger partial charge in [0.25, 0.3) is 0 Å². The van der Waals surface area contributed by atoms with Crippen molar-refractivity contribution in [1.29, 1.82) is 5.41 Å². The number of hydrogen-bond acceptors (Lipinski definition) is 8. The number of aryl methyl sites for hydroxylation is 2. The van der Waals surface area contributed by atoms with Gasteiger partial charge in [-0.3, -0.25) is 19.8 Å². The molecule has 252 valence electrons. The van der Waals surface area contributed by atoms with E-state index in [1.807, 2.05) is 26.8 Å². The van der Waals surface area contributed by atoms with Gasteiger partial charge in [-0.15, -0.1) is 0 Å². The van der Waals surface area contributed by atoms with Gasteiger partial charge in [-0.05, 0) is 69.0 Å². The number of nitrogens with zero attached hydrogens (tertiary/aromatic N) is 1. The van der Waals surface area contributed by atoms with E-state index in [-0.39, 0.29) is 25.9 Å². The average molecular weight is 668 g/mol. The topological polar surface area (TPSA) is 209 Å². The summed E-state index contributed by atoms with van der Waals surface area (Å²) in [6, 6.07) is 22.4. The molecule has 0 aliphatic carbocycles. The number of amides is 3. The van der Waals surface area contributed by atoms with Crippen LogP contribution >= 0.6 is 0 Å². The standard InChI is InChI=1S/C22H24N4O6.C11H17NO2S/c23-21(24)26(22(31)32-14-16-4-2-1-3-5-16)19(28)12-11-18(27)25-17-9-6-15(7-10-17)8-13-20(29)30;1-9-7-5-6-8-10(9)15(13,14)12-11(2,3)4/h1-7,9-10H,8,11-14H2,(H3,23,24)(H,25,27)(H,29,30);5-8,12H,1-4H3. The monoisotopic (exact) mass is 667 g/mol. The molecule has 3 aromatic rings. The number of sulfonamides is 1. The fraction of sp³-hybridized carbons (Fsp3) is 0.303. The fourth-order valence-corrected chi connectivity index (χ4v) is 5.66. The number of nitrogens with two attached hydrogens (primary N) is 1. The van der Waals surface area contributed by atoms with Gasteiger partial charge in [0.15, 0.2) is 0 Å². The van der Waals surface area contributed by atoms with Crippen LogP contribution in [0.3, 0.4) is 0 Å². The zero-order valence-electron chi connectivity index (χ0n) is 26.8. The van der Waals surface area contributed by atoms with Crippen LogP contribution in [0.1, 0.15) is 56.7 Å². The second-order valence-electron chi connectivity index (χ2n) is 11.4. The Morgan fingerprint density at radius 3 is 2.02 bits per heavy atom. The molecule has 0 atom stereocenters. The zero-order chi connectivity index (χ0) is 35.2. The van der Waals surface area contributed by atoms with Crippen molar-refractivity contribution in [2.75, 3.05) is 5.32 Å². The molecule has 0 aromatic heterocycles. The number of anilines is 1. The molecule has 47 heavy (non-hydrogen) atoms. The summed E-state index contributed by atoms with van der Waals surface area (Å²) in [4.78, 5) is 48.0. The lowest BCUT2D eigenvalue weighted by atomic mass is 10.1. The maximum absolute atomic E-state index is 12.3. The predicted octanol–water partition coefficient (Wildman–Crippen LogP) is 4.55. The van der Waals surface area contributed by atoms with Gasteiger partial charge in [0.05, 0.1) is 4.90 Å². The van der Waals surface area contributed by atoms with E-state index >= 15 is 0 Å². The van der Waals surface area contributed by atoms with Crippen LogP contribution in [0.25, 0.3) is 0 Å². The van der Waals surface area contributed by atoms with Crippen LogP contribution in [0.4, 0.5) is 10.5 Å². The lowest BCUT2D eigenvalue weighted by Gasteiger charge is -2.21. The van der Waals surface area contributed by atoms with Crippen molar-refractivity contribution in [3.8, 4) is 0 Å². The summed E-state index contributed by atoms with van der Waals surface area (Å²) in [5.41, 5.74) is 7.64. The first-order valence-electron chi connectivity index (χ1n) is 14.6. The molecule has 0 saturated carbocycles. The molecule has 3 aromatic carbocycles. The van der Waals surface area contributed by atoms with Crippen LogP contribution in [0.15, 0.2) is 83.8 Å². The predicted molar refractivity (Wildman–Crippen MR) is 177 cm³/mol. The van der Waals surface area contributed by atoms with Gasteiger partial charge in [-0.25, -0.2) is 17.9 Å². The number of imide groups is 1. The van der Waals surface area contributed by atoms with E-state index in [1.54, 1.807) is 79.7 Å². The number of carboxylic acids is 1. The fourth-order valence-electron chi connectivity index (χ4n) is 4.00. The van der Waals surface area contributed by atoms with E-state index in [4.69, 9.17) is 21.0 Å². The second kappa shape index (κ2) is 17.6. The first kappa shape index (κ1) is 38.1. The lowest BCUT2D eigenvalue weighted by Crippen LogP contribution is -2.45.